The summed E-state index contributed by atoms with van der Waals surface area (Å²) in [6.07, 6.45) is 1.98. The highest BCUT2D eigenvalue weighted by Gasteiger charge is 2.24. The first kappa shape index (κ1) is 26.2. The number of amides is 1. The molecule has 196 valence electrons. The number of pyridine rings is 2. The van der Waals surface area contributed by atoms with Gasteiger partial charge in [0.2, 0.25) is 0 Å². The Morgan fingerprint density at radius 1 is 1.22 bits per heavy atom. The number of aromatic hydroxyl groups is 1. The topological polar surface area (TPSA) is 106 Å². The van der Waals surface area contributed by atoms with Crippen LogP contribution in [0.1, 0.15) is 23.7 Å². The molecule has 1 fully saturated rings. The molecule has 0 saturated carbocycles. The lowest BCUT2D eigenvalue weighted by molar-refractivity contribution is -0.0498. The van der Waals surface area contributed by atoms with E-state index in [4.69, 9.17) is 4.74 Å². The van der Waals surface area contributed by atoms with Crippen molar-refractivity contribution in [3.05, 3.63) is 64.7 Å². The van der Waals surface area contributed by atoms with Gasteiger partial charge in [-0.2, -0.15) is 8.78 Å². The molecular formula is C26H28F2N4O5. The van der Waals surface area contributed by atoms with Crippen LogP contribution in [0.4, 0.5) is 8.78 Å². The van der Waals surface area contributed by atoms with Crippen LogP contribution in [0.5, 0.6) is 11.5 Å². The Morgan fingerprint density at radius 2 is 1.92 bits per heavy atom. The first-order valence-electron chi connectivity index (χ1n) is 11.9. The minimum absolute atomic E-state index is 0.00223. The Morgan fingerprint density at radius 3 is 2.57 bits per heavy atom. The van der Waals surface area contributed by atoms with Crippen LogP contribution in [0.2, 0.25) is 0 Å². The SMILES string of the molecule is C=C(CC)NC(=O)c1c(O)c2cc(-c3ccc(OC(F)F)cc3)cnc2n(CCN2CCOCC2)c1=O. The van der Waals surface area contributed by atoms with E-state index in [-0.39, 0.29) is 23.3 Å². The Labute approximate surface area is 211 Å². The molecule has 0 unspecified atom stereocenters. The summed E-state index contributed by atoms with van der Waals surface area (Å²) in [5.41, 5.74) is 0.739. The maximum absolute atomic E-state index is 13.4. The Hall–Kier alpha value is -3.83. The number of hydrogen-bond acceptors (Lipinski definition) is 7. The molecule has 0 spiro atoms. The van der Waals surface area contributed by atoms with Gasteiger partial charge in [-0.1, -0.05) is 25.6 Å². The smallest absolute Gasteiger partial charge is 0.387 e. The molecule has 1 saturated heterocycles. The number of morpholine rings is 1. The lowest BCUT2D eigenvalue weighted by atomic mass is 10.0. The fourth-order valence-corrected chi connectivity index (χ4v) is 4.09. The zero-order valence-electron chi connectivity index (χ0n) is 20.4. The Bertz CT molecular complexity index is 1350. The summed E-state index contributed by atoms with van der Waals surface area (Å²) >= 11 is 0. The van der Waals surface area contributed by atoms with E-state index >= 15 is 0 Å². The van der Waals surface area contributed by atoms with Crippen LogP contribution < -0.4 is 15.6 Å². The zero-order chi connectivity index (χ0) is 26.5. The summed E-state index contributed by atoms with van der Waals surface area (Å²) in [4.78, 5) is 33.0. The number of rotatable bonds is 9. The standard InChI is InChI=1S/C26H28F2N4O5/c1-3-16(2)30-24(34)21-22(33)20-14-18(17-4-6-19(7-5-17)37-26(27)28)15-29-23(20)32(25(21)35)9-8-31-10-12-36-13-11-31/h4-7,14-15,26,33H,2-3,8-13H2,1H3,(H,30,34). The van der Waals surface area contributed by atoms with Gasteiger partial charge < -0.3 is 19.9 Å². The van der Waals surface area contributed by atoms with E-state index in [9.17, 15) is 23.5 Å². The summed E-state index contributed by atoms with van der Waals surface area (Å²) in [5, 5.41) is 13.8. The molecule has 3 aromatic rings. The van der Waals surface area contributed by atoms with Crippen molar-refractivity contribution in [3.63, 3.8) is 0 Å². The van der Waals surface area contributed by atoms with E-state index in [0.29, 0.717) is 43.0 Å². The first-order chi connectivity index (χ1) is 17.8. The van der Waals surface area contributed by atoms with Gasteiger partial charge in [-0.3, -0.25) is 19.1 Å². The maximum Gasteiger partial charge on any atom is 0.387 e. The van der Waals surface area contributed by atoms with Gasteiger partial charge in [0.25, 0.3) is 11.5 Å². The number of allylic oxidation sites excluding steroid dienone is 1. The van der Waals surface area contributed by atoms with Gasteiger partial charge in [-0.25, -0.2) is 4.98 Å². The summed E-state index contributed by atoms with van der Waals surface area (Å²) in [6.45, 7) is 6.02. The average Bonchev–Trinajstić information content (AvgIpc) is 2.89. The van der Waals surface area contributed by atoms with Gasteiger partial charge in [0, 0.05) is 43.6 Å². The largest absolute Gasteiger partial charge is 0.506 e. The minimum Gasteiger partial charge on any atom is -0.506 e. The van der Waals surface area contributed by atoms with Gasteiger partial charge in [-0.05, 0) is 30.2 Å². The van der Waals surface area contributed by atoms with Gasteiger partial charge in [0.1, 0.15) is 22.7 Å². The van der Waals surface area contributed by atoms with Crippen molar-refractivity contribution in [2.24, 2.45) is 0 Å². The number of aromatic nitrogens is 2. The van der Waals surface area contributed by atoms with Gasteiger partial charge in [0.15, 0.2) is 0 Å². The van der Waals surface area contributed by atoms with Crippen LogP contribution >= 0.6 is 0 Å². The Kier molecular flexibility index (Phi) is 8.14. The normalized spacial score (nSPS) is 14.2. The van der Waals surface area contributed by atoms with E-state index < -0.39 is 29.4 Å². The van der Waals surface area contributed by atoms with E-state index in [1.54, 1.807) is 25.1 Å². The predicted octanol–water partition coefficient (Wildman–Crippen LogP) is 3.36. The number of carbonyl (C=O) groups excluding carboxylic acids is 1. The molecule has 4 rings (SSSR count). The summed E-state index contributed by atoms with van der Waals surface area (Å²) in [5.74, 6) is -1.24. The highest BCUT2D eigenvalue weighted by atomic mass is 19.3. The number of nitrogens with zero attached hydrogens (tertiary/aromatic N) is 3. The number of benzene rings is 1. The van der Waals surface area contributed by atoms with Crippen molar-refractivity contribution in [2.45, 2.75) is 26.5 Å². The third-order valence-corrected chi connectivity index (χ3v) is 6.17. The van der Waals surface area contributed by atoms with E-state index in [0.717, 1.165) is 13.1 Å². The van der Waals surface area contributed by atoms with Crippen LogP contribution in [0, 0.1) is 0 Å². The second-order valence-electron chi connectivity index (χ2n) is 8.54. The van der Waals surface area contributed by atoms with E-state index in [1.807, 2.05) is 0 Å². The van der Waals surface area contributed by atoms with Crippen LogP contribution in [0.15, 0.2) is 53.6 Å². The number of nitrogens with one attached hydrogen (secondary N) is 1. The van der Waals surface area contributed by atoms with Crippen molar-refractivity contribution < 1.29 is 28.2 Å². The third kappa shape index (κ3) is 5.95. The van der Waals surface area contributed by atoms with Gasteiger partial charge in [0.05, 0.1) is 18.6 Å². The quantitative estimate of drug-likeness (QED) is 0.451. The number of halogens is 2. The summed E-state index contributed by atoms with van der Waals surface area (Å²) in [6, 6.07) is 7.54. The number of hydrogen-bond donors (Lipinski definition) is 2. The monoisotopic (exact) mass is 514 g/mol. The number of carbonyl (C=O) groups is 1. The molecule has 1 aliphatic heterocycles. The fraction of sp³-hybridized carbons (Fsp3) is 0.346. The molecule has 3 heterocycles. The molecule has 0 atom stereocenters. The molecule has 1 amide bonds. The van der Waals surface area contributed by atoms with E-state index in [2.05, 4.69) is 26.5 Å². The van der Waals surface area contributed by atoms with Crippen LogP contribution in [0.3, 0.4) is 0 Å². The van der Waals surface area contributed by atoms with E-state index in [1.165, 1.54) is 22.9 Å². The summed E-state index contributed by atoms with van der Waals surface area (Å²) in [7, 11) is 0. The molecule has 11 heteroatoms. The van der Waals surface area contributed by atoms with Crippen LogP contribution in [-0.2, 0) is 11.3 Å². The van der Waals surface area contributed by atoms with Gasteiger partial charge in [-0.15, -0.1) is 0 Å². The third-order valence-electron chi connectivity index (χ3n) is 6.17. The molecule has 0 aliphatic carbocycles. The summed E-state index contributed by atoms with van der Waals surface area (Å²) < 4.78 is 36.1. The highest BCUT2D eigenvalue weighted by Crippen LogP contribution is 2.31. The predicted molar refractivity (Wildman–Crippen MR) is 134 cm³/mol. The molecule has 0 radical (unpaired) electrons. The molecule has 9 nitrogen and oxygen atoms in total. The second kappa shape index (κ2) is 11.5. The van der Waals surface area contributed by atoms with Crippen molar-refractivity contribution in [1.29, 1.82) is 0 Å². The maximum atomic E-state index is 13.4. The molecule has 2 aromatic heterocycles. The highest BCUT2D eigenvalue weighted by molar-refractivity contribution is 6.03. The number of ether oxygens (including phenoxy) is 2. The molecule has 2 N–H and O–H groups in total. The van der Waals surface area contributed by atoms with Crippen molar-refractivity contribution >= 4 is 16.9 Å². The second-order valence-corrected chi connectivity index (χ2v) is 8.54. The van der Waals surface area contributed by atoms with Gasteiger partial charge >= 0.3 is 6.61 Å². The fourth-order valence-electron chi connectivity index (χ4n) is 4.09. The number of alkyl halides is 2. The van der Waals surface area contributed by atoms with Crippen molar-refractivity contribution in [3.8, 4) is 22.6 Å². The van der Waals surface area contributed by atoms with Crippen molar-refractivity contribution in [2.75, 3.05) is 32.8 Å². The molecule has 0 bridgehead atoms. The number of fused-ring (bicyclic) bond motifs is 1. The Balaban J connectivity index is 1.78. The molecule has 1 aromatic carbocycles. The van der Waals surface area contributed by atoms with Crippen LogP contribution in [0.25, 0.3) is 22.2 Å². The van der Waals surface area contributed by atoms with Crippen molar-refractivity contribution in [1.82, 2.24) is 19.8 Å². The first-order valence-corrected chi connectivity index (χ1v) is 11.9. The zero-order valence-corrected chi connectivity index (χ0v) is 20.4. The molecule has 1 aliphatic rings. The average molecular weight is 515 g/mol. The molecular weight excluding hydrogens is 486 g/mol. The lowest BCUT2D eigenvalue weighted by Crippen LogP contribution is -2.40. The molecule has 37 heavy (non-hydrogen) atoms. The minimum atomic E-state index is -2.94. The lowest BCUT2D eigenvalue weighted by Gasteiger charge is -2.27. The van der Waals surface area contributed by atoms with Crippen LogP contribution in [-0.4, -0.2) is 64.9 Å².